The Morgan fingerprint density at radius 1 is 1.02 bits per heavy atom. The third kappa shape index (κ3) is 11.1. The highest BCUT2D eigenvalue weighted by Crippen LogP contribution is 2.33. The number of benzene rings is 2. The van der Waals surface area contributed by atoms with E-state index in [4.69, 9.17) is 28.8 Å². The van der Waals surface area contributed by atoms with Gasteiger partial charge in [0.05, 0.1) is 5.69 Å². The molecule has 0 spiro atoms. The van der Waals surface area contributed by atoms with Crippen LogP contribution in [0, 0.1) is 11.6 Å². The Labute approximate surface area is 293 Å². The molecule has 268 valence electrons. The summed E-state index contributed by atoms with van der Waals surface area (Å²) in [6, 6.07) is 11.8. The number of hydrogen-bond donors (Lipinski definition) is 5. The molecule has 0 amide bonds. The minimum absolute atomic E-state index is 0.0390. The van der Waals surface area contributed by atoms with E-state index in [0.29, 0.717) is 29.7 Å². The summed E-state index contributed by atoms with van der Waals surface area (Å²) in [5, 5.41) is 3.96. The lowest BCUT2D eigenvalue weighted by Gasteiger charge is -2.22. The van der Waals surface area contributed by atoms with Crippen LogP contribution in [0.25, 0.3) is 16.7 Å². The quantitative estimate of drug-likeness (QED) is 0.0497. The molecule has 0 saturated heterocycles. The molecule has 0 aliphatic heterocycles. The number of nitrogens with two attached hydrogens (primary N) is 3. The molecule has 12 heteroatoms. The van der Waals surface area contributed by atoms with Crippen molar-refractivity contribution in [1.29, 1.82) is 0 Å². The van der Waals surface area contributed by atoms with Crippen molar-refractivity contribution in [3.63, 3.8) is 0 Å². The summed E-state index contributed by atoms with van der Waals surface area (Å²) < 4.78 is 29.5. The number of nitrogens with one attached hydrogen (secondary N) is 2. The van der Waals surface area contributed by atoms with Gasteiger partial charge in [-0.05, 0) is 92.4 Å². The molecule has 0 aliphatic rings. The zero-order chi connectivity index (χ0) is 36.7. The van der Waals surface area contributed by atoms with Crippen LogP contribution >= 0.6 is 11.6 Å². The number of aromatic amines is 1. The molecule has 0 bridgehead atoms. The largest absolute Gasteiger partial charge is 0.370 e. The number of nitrogens with zero attached hydrogens (tertiary/aromatic N) is 3. The van der Waals surface area contributed by atoms with E-state index in [1.54, 1.807) is 10.6 Å². The average Bonchev–Trinajstić information content (AvgIpc) is 3.43. The minimum Gasteiger partial charge on any atom is -0.370 e. The Bertz CT molecular complexity index is 1780. The number of H-pyrrole nitrogens is 1. The van der Waals surface area contributed by atoms with Gasteiger partial charge in [-0.3, -0.25) is 9.56 Å². The number of fused-ring (bicyclic) bond motifs is 1. The molecule has 2 aromatic carbocycles. The maximum absolute atomic E-state index is 14.0. The van der Waals surface area contributed by atoms with Crippen molar-refractivity contribution < 1.29 is 8.78 Å². The van der Waals surface area contributed by atoms with Crippen molar-refractivity contribution in [2.45, 2.75) is 104 Å². The lowest BCUT2D eigenvalue weighted by Crippen LogP contribution is -2.24. The van der Waals surface area contributed by atoms with Crippen LogP contribution in [-0.4, -0.2) is 39.6 Å². The summed E-state index contributed by atoms with van der Waals surface area (Å²) in [4.78, 5) is 24.0. The lowest BCUT2D eigenvalue weighted by molar-refractivity contribution is 0.505. The monoisotopic (exact) mass is 698 g/mol. The van der Waals surface area contributed by atoms with Gasteiger partial charge in [-0.1, -0.05) is 65.3 Å². The van der Waals surface area contributed by atoms with Crippen molar-refractivity contribution in [3.05, 3.63) is 92.1 Å². The van der Waals surface area contributed by atoms with Crippen LogP contribution in [0.5, 0.6) is 0 Å². The molecule has 2 atom stereocenters. The predicted octanol–water partition coefficient (Wildman–Crippen LogP) is 6.91. The van der Waals surface area contributed by atoms with E-state index >= 15 is 0 Å². The van der Waals surface area contributed by atoms with E-state index in [9.17, 15) is 13.6 Å². The van der Waals surface area contributed by atoms with Gasteiger partial charge in [0.2, 0.25) is 0 Å². The number of aromatic nitrogens is 3. The molecule has 2 aromatic heterocycles. The molecule has 0 saturated carbocycles. The van der Waals surface area contributed by atoms with E-state index in [1.165, 1.54) is 0 Å². The normalized spacial score (nSPS) is 13.1. The van der Waals surface area contributed by atoms with Crippen molar-refractivity contribution in [3.8, 4) is 5.69 Å². The van der Waals surface area contributed by atoms with Crippen LogP contribution in [0.4, 0.5) is 8.78 Å². The zero-order valence-electron chi connectivity index (χ0n) is 30.1. The molecule has 2 heterocycles. The van der Waals surface area contributed by atoms with Crippen molar-refractivity contribution in [2.24, 2.45) is 22.2 Å². The summed E-state index contributed by atoms with van der Waals surface area (Å²) in [7, 11) is 0. The minimum atomic E-state index is -0.650. The first-order valence-electron chi connectivity index (χ1n) is 16.7. The smallest absolute Gasteiger partial charge is 0.354 e. The van der Waals surface area contributed by atoms with E-state index in [2.05, 4.69) is 54.0 Å². The molecule has 0 unspecified atom stereocenters. The standard InChI is InChI=1S/C22H31N7O.C15H22ClF2N/c1-14(25-10-5-11-26-20(23)24)15-6-8-17(9-7-15)29-13-16-12-18(22(2,3)4)27-19(16)28-21(29)30;1-9(19)6-5-7-10-8-11(15(2,3)4)14(18)12(16)13(10)17/h6-9,12-14,25H,5,10-11H2,1-4H3,(H4,23,24,26)(H,27,28,30);8-9H,5-7,19H2,1-4H3/t14-;9-/m00/s1. The molecule has 9 nitrogen and oxygen atoms in total. The van der Waals surface area contributed by atoms with Gasteiger partial charge in [-0.2, -0.15) is 4.98 Å². The molecule has 4 rings (SSSR count). The molecule has 0 radical (unpaired) electrons. The first-order valence-corrected chi connectivity index (χ1v) is 17.1. The van der Waals surface area contributed by atoms with Gasteiger partial charge in [0.25, 0.3) is 0 Å². The Morgan fingerprint density at radius 3 is 2.24 bits per heavy atom. The summed E-state index contributed by atoms with van der Waals surface area (Å²) in [6.45, 7) is 17.4. The fourth-order valence-corrected chi connectivity index (χ4v) is 5.45. The average molecular weight is 699 g/mol. The second kappa shape index (κ2) is 16.7. The van der Waals surface area contributed by atoms with E-state index in [-0.39, 0.29) is 29.1 Å². The van der Waals surface area contributed by atoms with Gasteiger partial charge >= 0.3 is 5.69 Å². The second-order valence-corrected chi connectivity index (χ2v) is 15.1. The molecular weight excluding hydrogens is 646 g/mol. The second-order valence-electron chi connectivity index (χ2n) is 14.7. The fraction of sp³-hybridized carbons (Fsp3) is 0.486. The van der Waals surface area contributed by atoms with Gasteiger partial charge in [-0.15, -0.1) is 0 Å². The van der Waals surface area contributed by atoms with Crippen LogP contribution in [0.3, 0.4) is 0 Å². The van der Waals surface area contributed by atoms with Crippen LogP contribution in [0.2, 0.25) is 5.02 Å². The highest BCUT2D eigenvalue weighted by molar-refractivity contribution is 6.31. The van der Waals surface area contributed by atoms with Crippen LogP contribution in [-0.2, 0) is 17.3 Å². The predicted molar refractivity (Wildman–Crippen MR) is 199 cm³/mol. The third-order valence-electron chi connectivity index (χ3n) is 8.20. The molecule has 0 fully saturated rings. The molecule has 8 N–H and O–H groups in total. The number of hydrogen-bond acceptors (Lipinski definition) is 5. The van der Waals surface area contributed by atoms with Gasteiger partial charge in [0.15, 0.2) is 5.96 Å². The maximum Gasteiger partial charge on any atom is 0.354 e. The summed E-state index contributed by atoms with van der Waals surface area (Å²) in [6.07, 6.45) is 4.79. The number of guanidine groups is 1. The zero-order valence-corrected chi connectivity index (χ0v) is 30.8. The van der Waals surface area contributed by atoms with Gasteiger partial charge in [0, 0.05) is 41.3 Å². The van der Waals surface area contributed by atoms with Crippen LogP contribution in [0.1, 0.15) is 103 Å². The van der Waals surface area contributed by atoms with E-state index in [0.717, 1.165) is 48.1 Å². The highest BCUT2D eigenvalue weighted by atomic mass is 35.5. The maximum atomic E-state index is 14.0. The van der Waals surface area contributed by atoms with E-state index in [1.807, 2.05) is 58.2 Å². The van der Waals surface area contributed by atoms with E-state index < -0.39 is 22.1 Å². The van der Waals surface area contributed by atoms with Gasteiger partial charge < -0.3 is 27.5 Å². The van der Waals surface area contributed by atoms with Crippen LogP contribution < -0.4 is 28.2 Å². The van der Waals surface area contributed by atoms with Crippen LogP contribution in [0.15, 0.2) is 52.4 Å². The third-order valence-corrected chi connectivity index (χ3v) is 8.53. The van der Waals surface area contributed by atoms with Gasteiger partial charge in [0.1, 0.15) is 22.3 Å². The molecular formula is C37H53ClF2N8O. The topological polar surface area (TPSA) is 153 Å². The number of rotatable bonds is 11. The molecule has 0 aliphatic carbocycles. The Balaban J connectivity index is 0.000000295. The first-order chi connectivity index (χ1) is 22.8. The van der Waals surface area contributed by atoms with Gasteiger partial charge in [-0.25, -0.2) is 13.6 Å². The SMILES string of the molecule is C[C@H](N)CCCc1cc(C(C)(C)C)c(F)c(Cl)c1F.C[C@H](NCCCN=C(N)N)c1ccc(-n2cc3cc(C(C)(C)C)[nH]c3nc2=O)cc1. The summed E-state index contributed by atoms with van der Waals surface area (Å²) in [5.74, 6) is -1.17. The highest BCUT2D eigenvalue weighted by Gasteiger charge is 2.25. The fourth-order valence-electron chi connectivity index (χ4n) is 5.23. The Hall–Kier alpha value is -3.80. The molecule has 4 aromatic rings. The Morgan fingerprint density at radius 2 is 1.67 bits per heavy atom. The summed E-state index contributed by atoms with van der Waals surface area (Å²) >= 11 is 5.76. The number of aliphatic imine (C=N–C) groups is 1. The lowest BCUT2D eigenvalue weighted by atomic mass is 9.85. The summed E-state index contributed by atoms with van der Waals surface area (Å²) in [5.41, 5.74) is 20.1. The first kappa shape index (κ1) is 39.6. The number of halogens is 3. The van der Waals surface area contributed by atoms with Crippen molar-refractivity contribution in [1.82, 2.24) is 19.9 Å². The molecule has 49 heavy (non-hydrogen) atoms. The Kier molecular flexibility index (Phi) is 13.5. The van der Waals surface area contributed by atoms with Crippen molar-refractivity contribution in [2.75, 3.05) is 13.1 Å². The van der Waals surface area contributed by atoms with Crippen molar-refractivity contribution >= 4 is 28.6 Å². The number of aryl methyl sites for hydroxylation is 1.